The number of nitrogens with one attached hydrogen (secondary N) is 2. The molecule has 1 unspecified atom stereocenters. The van der Waals surface area contributed by atoms with Crippen molar-refractivity contribution < 1.29 is 14.7 Å². The Kier molecular flexibility index (Phi) is 3.33. The molecule has 0 bridgehead atoms. The summed E-state index contributed by atoms with van der Waals surface area (Å²) in [5.41, 5.74) is 0.833. The van der Waals surface area contributed by atoms with Crippen LogP contribution in [-0.4, -0.2) is 41.3 Å². The molecule has 17 heavy (non-hydrogen) atoms. The number of carboxylic acid groups (broad SMARTS) is 1. The quantitative estimate of drug-likeness (QED) is 0.616. The summed E-state index contributed by atoms with van der Waals surface area (Å²) < 4.78 is 0. The van der Waals surface area contributed by atoms with E-state index in [2.05, 4.69) is 15.5 Å². The third kappa shape index (κ3) is 2.76. The molecular weight excluding hydrogens is 222 g/mol. The number of carboxylic acids is 1. The first kappa shape index (κ1) is 11.9. The van der Waals surface area contributed by atoms with Gasteiger partial charge in [0, 0.05) is 24.9 Å². The molecule has 1 atom stereocenters. The van der Waals surface area contributed by atoms with E-state index in [1.54, 1.807) is 0 Å². The Bertz CT molecular complexity index is 359. The zero-order valence-electron chi connectivity index (χ0n) is 9.77. The van der Waals surface area contributed by atoms with Crippen molar-refractivity contribution >= 4 is 11.9 Å². The molecule has 0 spiro atoms. The zero-order valence-corrected chi connectivity index (χ0v) is 9.77. The third-order valence-electron chi connectivity index (χ3n) is 3.23. The van der Waals surface area contributed by atoms with Crippen LogP contribution >= 0.6 is 0 Å². The Balaban J connectivity index is 1.91. The van der Waals surface area contributed by atoms with E-state index in [-0.39, 0.29) is 18.1 Å². The van der Waals surface area contributed by atoms with Crippen LogP contribution < -0.4 is 10.6 Å². The second kappa shape index (κ2) is 4.75. The molecule has 0 aliphatic carbocycles. The Morgan fingerprint density at radius 3 is 2.59 bits per heavy atom. The van der Waals surface area contributed by atoms with Crippen LogP contribution in [0.2, 0.25) is 0 Å². The van der Waals surface area contributed by atoms with Crippen molar-refractivity contribution in [2.75, 3.05) is 13.1 Å². The van der Waals surface area contributed by atoms with Gasteiger partial charge >= 0.3 is 5.97 Å². The molecule has 0 radical (unpaired) electrons. The van der Waals surface area contributed by atoms with Gasteiger partial charge < -0.3 is 15.7 Å². The Hall–Kier alpha value is -1.56. The molecule has 0 aromatic carbocycles. The number of hydrogen-bond donors (Lipinski definition) is 3. The van der Waals surface area contributed by atoms with Gasteiger partial charge in [0.2, 0.25) is 5.91 Å². The van der Waals surface area contributed by atoms with E-state index in [0.29, 0.717) is 25.9 Å². The molecule has 6 heteroatoms. The van der Waals surface area contributed by atoms with Crippen LogP contribution in [0.5, 0.6) is 0 Å². The fourth-order valence-corrected chi connectivity index (χ4v) is 2.25. The van der Waals surface area contributed by atoms with E-state index in [9.17, 15) is 9.59 Å². The average molecular weight is 239 g/mol. The van der Waals surface area contributed by atoms with Crippen LogP contribution in [0.15, 0.2) is 11.8 Å². The summed E-state index contributed by atoms with van der Waals surface area (Å²) in [6.07, 6.45) is 2.57. The molecular formula is C11H17N3O3. The predicted molar refractivity (Wildman–Crippen MR) is 60.8 cm³/mol. The highest BCUT2D eigenvalue weighted by atomic mass is 16.4. The van der Waals surface area contributed by atoms with Crippen molar-refractivity contribution in [1.29, 1.82) is 0 Å². The number of rotatable bonds is 2. The Morgan fingerprint density at radius 1 is 1.41 bits per heavy atom. The van der Waals surface area contributed by atoms with Crippen LogP contribution in [0.25, 0.3) is 0 Å². The minimum Gasteiger partial charge on any atom is -0.481 e. The number of amides is 1. The van der Waals surface area contributed by atoms with Gasteiger partial charge in [-0.05, 0) is 19.8 Å². The summed E-state index contributed by atoms with van der Waals surface area (Å²) in [6, 6.07) is 0. The standard InChI is InChI=1S/C11H17N3O3/c1-7-6-9(15)13-11(12-7)14-4-2-8(3-5-14)10(16)17/h6,8,11-12H,2-5H2,1H3,(H,13,15)(H,16,17). The van der Waals surface area contributed by atoms with Crippen molar-refractivity contribution in [2.45, 2.75) is 26.1 Å². The molecule has 1 amide bonds. The second-order valence-corrected chi connectivity index (χ2v) is 4.53. The van der Waals surface area contributed by atoms with E-state index in [1.165, 1.54) is 6.08 Å². The molecule has 2 aliphatic heterocycles. The fourth-order valence-electron chi connectivity index (χ4n) is 2.25. The van der Waals surface area contributed by atoms with E-state index < -0.39 is 5.97 Å². The largest absolute Gasteiger partial charge is 0.481 e. The monoisotopic (exact) mass is 239 g/mol. The van der Waals surface area contributed by atoms with Crippen molar-refractivity contribution in [3.05, 3.63) is 11.8 Å². The zero-order chi connectivity index (χ0) is 12.4. The minimum absolute atomic E-state index is 0.105. The van der Waals surface area contributed by atoms with Gasteiger partial charge in [-0.2, -0.15) is 0 Å². The summed E-state index contributed by atoms with van der Waals surface area (Å²) >= 11 is 0. The number of carbonyl (C=O) groups is 2. The smallest absolute Gasteiger partial charge is 0.306 e. The predicted octanol–water partition coefficient (Wildman–Crippen LogP) is -0.310. The van der Waals surface area contributed by atoms with Crippen molar-refractivity contribution in [3.63, 3.8) is 0 Å². The van der Waals surface area contributed by atoms with Crippen LogP contribution in [0.3, 0.4) is 0 Å². The molecule has 1 fully saturated rings. The molecule has 0 aromatic rings. The maximum atomic E-state index is 11.4. The van der Waals surface area contributed by atoms with Crippen molar-refractivity contribution in [3.8, 4) is 0 Å². The SMILES string of the molecule is CC1=CC(=O)NC(N2CCC(C(=O)O)CC2)N1. The topological polar surface area (TPSA) is 81.7 Å². The Morgan fingerprint density at radius 2 is 2.06 bits per heavy atom. The van der Waals surface area contributed by atoms with Gasteiger partial charge in [-0.3, -0.25) is 14.5 Å². The molecule has 1 saturated heterocycles. The van der Waals surface area contributed by atoms with Gasteiger partial charge in [0.15, 0.2) is 6.29 Å². The molecule has 2 aliphatic rings. The number of likely N-dealkylation sites (tertiary alicyclic amines) is 1. The molecule has 0 saturated carbocycles. The van der Waals surface area contributed by atoms with Gasteiger partial charge in [-0.15, -0.1) is 0 Å². The van der Waals surface area contributed by atoms with Gasteiger partial charge in [0.05, 0.1) is 5.92 Å². The number of piperidine rings is 1. The molecule has 94 valence electrons. The molecule has 3 N–H and O–H groups in total. The maximum absolute atomic E-state index is 11.4. The highest BCUT2D eigenvalue weighted by molar-refractivity contribution is 5.89. The van der Waals surface area contributed by atoms with Gasteiger partial charge in [-0.25, -0.2) is 0 Å². The normalized spacial score (nSPS) is 27.0. The molecule has 6 nitrogen and oxygen atoms in total. The summed E-state index contributed by atoms with van der Waals surface area (Å²) in [5, 5.41) is 14.9. The first-order valence-electron chi connectivity index (χ1n) is 5.78. The van der Waals surface area contributed by atoms with Crippen LogP contribution in [-0.2, 0) is 9.59 Å². The lowest BCUT2D eigenvalue weighted by Gasteiger charge is -2.38. The molecule has 2 heterocycles. The lowest BCUT2D eigenvalue weighted by molar-refractivity contribution is -0.144. The van der Waals surface area contributed by atoms with Gasteiger partial charge in [0.1, 0.15) is 0 Å². The van der Waals surface area contributed by atoms with E-state index in [1.807, 2.05) is 6.92 Å². The van der Waals surface area contributed by atoms with Crippen LogP contribution in [0, 0.1) is 5.92 Å². The number of aliphatic carboxylic acids is 1. The fraction of sp³-hybridized carbons (Fsp3) is 0.636. The Labute approximate surface area is 99.7 Å². The van der Waals surface area contributed by atoms with Crippen molar-refractivity contribution in [2.24, 2.45) is 5.92 Å². The first-order chi connectivity index (χ1) is 8.06. The van der Waals surface area contributed by atoms with Gasteiger partial charge in [0.25, 0.3) is 0 Å². The molecule has 2 rings (SSSR count). The van der Waals surface area contributed by atoms with Crippen LogP contribution in [0.4, 0.5) is 0 Å². The summed E-state index contributed by atoms with van der Waals surface area (Å²) in [6.45, 7) is 3.21. The first-order valence-corrected chi connectivity index (χ1v) is 5.78. The second-order valence-electron chi connectivity index (χ2n) is 4.53. The number of nitrogens with zero attached hydrogens (tertiary/aromatic N) is 1. The minimum atomic E-state index is -0.721. The lowest BCUT2D eigenvalue weighted by atomic mass is 9.97. The lowest BCUT2D eigenvalue weighted by Crippen LogP contribution is -2.60. The van der Waals surface area contributed by atoms with Crippen molar-refractivity contribution in [1.82, 2.24) is 15.5 Å². The van der Waals surface area contributed by atoms with E-state index >= 15 is 0 Å². The highest BCUT2D eigenvalue weighted by Gasteiger charge is 2.30. The number of carbonyl (C=O) groups excluding carboxylic acids is 1. The number of allylic oxidation sites excluding steroid dienone is 1. The van der Waals surface area contributed by atoms with Crippen LogP contribution in [0.1, 0.15) is 19.8 Å². The molecule has 0 aromatic heterocycles. The van der Waals surface area contributed by atoms with E-state index in [0.717, 1.165) is 5.70 Å². The summed E-state index contributed by atoms with van der Waals surface area (Å²) in [4.78, 5) is 24.2. The maximum Gasteiger partial charge on any atom is 0.306 e. The summed E-state index contributed by atoms with van der Waals surface area (Å²) in [7, 11) is 0. The van der Waals surface area contributed by atoms with Gasteiger partial charge in [-0.1, -0.05) is 0 Å². The number of hydrogen-bond acceptors (Lipinski definition) is 4. The van der Waals surface area contributed by atoms with E-state index in [4.69, 9.17) is 5.11 Å². The third-order valence-corrected chi connectivity index (χ3v) is 3.23. The summed E-state index contributed by atoms with van der Waals surface area (Å²) in [5.74, 6) is -1.07. The highest BCUT2D eigenvalue weighted by Crippen LogP contribution is 2.18. The average Bonchev–Trinajstić information content (AvgIpc) is 2.28.